The van der Waals surface area contributed by atoms with Crippen LogP contribution in [0.3, 0.4) is 0 Å². The second kappa shape index (κ2) is 21.1. The Morgan fingerprint density at radius 3 is 1.84 bits per heavy atom. The largest absolute Gasteiger partial charge is 1.00 e. The summed E-state index contributed by atoms with van der Waals surface area (Å²) in [5.41, 5.74) is 0. The van der Waals surface area contributed by atoms with Gasteiger partial charge in [0.25, 0.3) is 0 Å². The molecule has 0 saturated carbocycles. The van der Waals surface area contributed by atoms with E-state index in [0.29, 0.717) is 0 Å². The van der Waals surface area contributed by atoms with Gasteiger partial charge in [-0.1, -0.05) is 6.92 Å². The maximum absolute atomic E-state index is 11.8. The predicted molar refractivity (Wildman–Crippen MR) is 108 cm³/mol. The van der Waals surface area contributed by atoms with Crippen molar-refractivity contribution < 1.29 is 210 Å². The standard InChI is InChI=1S/C15H27NO20S3.4Na/c1-2-3-31-15-11(36-39(28,29)30)9(19)10(12(35-15)13(20)21)34-14-6(16-37(22,23)24)8(18)7(17)5(33-14)4-32-38(25,26)27;;;;/h5-12,14-19H,2-4H2,1H3,(H,20,21)(H,22,23,24)(H,25,26,27)(H,28,29,30);;;;/q;4*+1/p-4/t5-,6-,7-,8-,9-,10-,11+,12-,14-,15+;;;;/m0..../s1. The van der Waals surface area contributed by atoms with Gasteiger partial charge in [-0.2, -0.15) is 0 Å². The quantitative estimate of drug-likeness (QED) is 0.0777. The van der Waals surface area contributed by atoms with Crippen LogP contribution in [0.5, 0.6) is 0 Å². The molecule has 0 aromatic carbocycles. The Morgan fingerprint density at radius 1 is 0.837 bits per heavy atom. The summed E-state index contributed by atoms with van der Waals surface area (Å²) < 4.78 is 130. The molecule has 0 amide bonds. The first kappa shape index (κ1) is 50.2. The summed E-state index contributed by atoms with van der Waals surface area (Å²) in [6.45, 7) is 0.0214. The van der Waals surface area contributed by atoms with Gasteiger partial charge in [0.05, 0.1) is 12.6 Å². The monoisotopic (exact) mass is 725 g/mol. The number of aliphatic hydroxyl groups excluding tert-OH is 3. The molecule has 0 aromatic rings. The fraction of sp³-hybridized carbons (Fsp3) is 0.933. The molecule has 0 radical (unpaired) electrons. The molecule has 2 fully saturated rings. The first-order chi connectivity index (χ1) is 17.7. The Kier molecular flexibility index (Phi) is 24.6. The zero-order valence-corrected chi connectivity index (χ0v) is 33.9. The molecule has 2 heterocycles. The van der Waals surface area contributed by atoms with Gasteiger partial charge in [-0.05, 0) is 6.42 Å². The second-order valence-electron chi connectivity index (χ2n) is 7.99. The van der Waals surface area contributed by atoms with Gasteiger partial charge in [-0.15, -0.1) is 0 Å². The van der Waals surface area contributed by atoms with Crippen molar-refractivity contribution in [1.29, 1.82) is 0 Å². The number of carbonyl (C=O) groups excluding carboxylic acids is 1. The third-order valence-corrected chi connectivity index (χ3v) is 6.56. The topological polar surface area (TPSA) is 340 Å². The summed E-state index contributed by atoms with van der Waals surface area (Å²) in [6, 6.07) is -2.31. The number of nitrogens with one attached hydrogen (secondary N) is 1. The first-order valence-corrected chi connectivity index (χ1v) is 14.6. The summed E-state index contributed by atoms with van der Waals surface area (Å²) in [5, 5.41) is 42.9. The van der Waals surface area contributed by atoms with Crippen molar-refractivity contribution in [2.45, 2.75) is 74.7 Å². The van der Waals surface area contributed by atoms with Crippen molar-refractivity contribution in [3.63, 3.8) is 0 Å². The first-order valence-electron chi connectivity index (χ1n) is 10.5. The molecular formula is C15H23NNa4O20S3. The van der Waals surface area contributed by atoms with E-state index in [-0.39, 0.29) is 131 Å². The number of rotatable bonds is 13. The summed E-state index contributed by atoms with van der Waals surface area (Å²) in [5.74, 6) is -2.15. The van der Waals surface area contributed by atoms with Crippen molar-refractivity contribution in [2.75, 3.05) is 13.2 Å². The van der Waals surface area contributed by atoms with Crippen LogP contribution in [0.1, 0.15) is 13.3 Å². The number of carboxylic acids is 1. The van der Waals surface area contributed by atoms with Crippen LogP contribution >= 0.6 is 0 Å². The van der Waals surface area contributed by atoms with Gasteiger partial charge in [-0.25, -0.2) is 30.0 Å². The third-order valence-electron chi connectivity index (χ3n) is 5.12. The molecule has 28 heteroatoms. The fourth-order valence-corrected chi connectivity index (χ4v) is 4.92. The average molecular weight is 725 g/mol. The van der Waals surface area contributed by atoms with E-state index >= 15 is 0 Å². The molecule has 43 heavy (non-hydrogen) atoms. The Hall–Kier alpha value is 2.80. The van der Waals surface area contributed by atoms with Crippen molar-refractivity contribution in [1.82, 2.24) is 4.72 Å². The zero-order valence-electron chi connectivity index (χ0n) is 23.4. The minimum absolute atomic E-state index is 0. The molecule has 2 saturated heterocycles. The molecule has 2 rings (SSSR count). The minimum atomic E-state index is -5.62. The van der Waals surface area contributed by atoms with Crippen molar-refractivity contribution >= 4 is 37.1 Å². The zero-order chi connectivity index (χ0) is 29.9. The van der Waals surface area contributed by atoms with Gasteiger partial charge < -0.3 is 57.8 Å². The number of carbonyl (C=O) groups is 1. The number of carboxylic acid groups (broad SMARTS) is 1. The molecule has 21 nitrogen and oxygen atoms in total. The summed E-state index contributed by atoms with van der Waals surface area (Å²) in [4.78, 5) is 11.8. The van der Waals surface area contributed by atoms with Gasteiger partial charge >= 0.3 is 118 Å². The van der Waals surface area contributed by atoms with E-state index in [2.05, 4.69) is 8.37 Å². The molecule has 0 bridgehead atoms. The van der Waals surface area contributed by atoms with Crippen LogP contribution in [0.15, 0.2) is 0 Å². The van der Waals surface area contributed by atoms with Crippen LogP contribution in [0, 0.1) is 0 Å². The number of hydrogen-bond acceptors (Lipinski definition) is 20. The minimum Gasteiger partial charge on any atom is -0.735 e. The molecule has 230 valence electrons. The van der Waals surface area contributed by atoms with Crippen LogP contribution in [0.25, 0.3) is 0 Å². The van der Waals surface area contributed by atoms with Crippen LogP contribution in [-0.4, -0.2) is 135 Å². The Balaban J connectivity index is -0.00000400. The molecule has 0 unspecified atom stereocenters. The van der Waals surface area contributed by atoms with E-state index in [4.69, 9.17) is 18.9 Å². The van der Waals surface area contributed by atoms with Crippen LogP contribution in [0.4, 0.5) is 0 Å². The van der Waals surface area contributed by atoms with Crippen LogP contribution in [-0.2, 0) is 63.2 Å². The maximum Gasteiger partial charge on any atom is 1.00 e. The van der Waals surface area contributed by atoms with Gasteiger partial charge in [-0.3, -0.25) is 8.37 Å². The maximum atomic E-state index is 11.8. The molecule has 4 N–H and O–H groups in total. The fourth-order valence-electron chi connectivity index (χ4n) is 3.56. The molecule has 10 atom stereocenters. The van der Waals surface area contributed by atoms with Gasteiger partial charge in [0.1, 0.15) is 42.7 Å². The van der Waals surface area contributed by atoms with Gasteiger partial charge in [0.15, 0.2) is 29.0 Å². The number of aliphatic hydroxyl groups is 3. The number of hydrogen-bond donors (Lipinski definition) is 4. The molecule has 0 spiro atoms. The van der Waals surface area contributed by atoms with E-state index in [0.717, 1.165) is 0 Å². The second-order valence-corrected chi connectivity index (χ2v) is 11.2. The summed E-state index contributed by atoms with van der Waals surface area (Å²) >= 11 is 0. The molecule has 0 aromatic heterocycles. The molecular weight excluding hydrogens is 702 g/mol. The third kappa shape index (κ3) is 16.4. The SMILES string of the molecule is CCCO[C@@H]1O[C@H](C(=O)[O-])[C@@H](O[C@@H]2O[C@@H](COS(=O)(=O)[O-])[C@H](O)[C@@H](O)[C@@H]2NS(=O)(=O)[O-])[C@H](O)[C@H]1OS(=O)(=O)[O-].[Na+].[Na+].[Na+].[Na+]. The Labute approximate surface area is 334 Å². The number of ether oxygens (including phenoxy) is 4. The van der Waals surface area contributed by atoms with Gasteiger partial charge in [0.2, 0.25) is 20.8 Å². The summed E-state index contributed by atoms with van der Waals surface area (Å²) in [7, 11) is -16.5. The van der Waals surface area contributed by atoms with E-state index < -0.39 is 105 Å². The van der Waals surface area contributed by atoms with E-state index in [9.17, 15) is 64.1 Å². The summed E-state index contributed by atoms with van der Waals surface area (Å²) in [6.07, 6.45) is -20.5. The predicted octanol–water partition coefficient (Wildman–Crippen LogP) is -19.2. The van der Waals surface area contributed by atoms with Crippen LogP contribution < -0.4 is 128 Å². The van der Waals surface area contributed by atoms with Crippen molar-refractivity contribution in [3.8, 4) is 0 Å². The van der Waals surface area contributed by atoms with E-state index in [1.165, 1.54) is 4.72 Å². The average Bonchev–Trinajstić information content (AvgIpc) is 2.77. The molecule has 2 aliphatic heterocycles. The smallest absolute Gasteiger partial charge is 0.735 e. The van der Waals surface area contributed by atoms with E-state index in [1.54, 1.807) is 6.92 Å². The molecule has 2 aliphatic rings. The Morgan fingerprint density at radius 2 is 1.40 bits per heavy atom. The van der Waals surface area contributed by atoms with Gasteiger partial charge in [0, 0.05) is 6.61 Å². The number of aliphatic carboxylic acids is 1. The molecule has 0 aliphatic carbocycles. The normalized spacial score (nSPS) is 33.1. The Bertz CT molecular complexity index is 1180. The van der Waals surface area contributed by atoms with Crippen molar-refractivity contribution in [2.24, 2.45) is 0 Å². The van der Waals surface area contributed by atoms with Crippen molar-refractivity contribution in [3.05, 3.63) is 0 Å². The van der Waals surface area contributed by atoms with Crippen LogP contribution in [0.2, 0.25) is 0 Å². The van der Waals surface area contributed by atoms with E-state index in [1.807, 2.05) is 0 Å².